The predicted octanol–water partition coefficient (Wildman–Crippen LogP) is 1.71. The number of hydrogen-bond donors (Lipinski definition) is 2. The summed E-state index contributed by atoms with van der Waals surface area (Å²) >= 11 is 0. The second-order valence-electron chi connectivity index (χ2n) is 5.89. The van der Waals surface area contributed by atoms with Gasteiger partial charge in [-0.15, -0.1) is 0 Å². The van der Waals surface area contributed by atoms with E-state index >= 15 is 0 Å². The third-order valence-electron chi connectivity index (χ3n) is 3.07. The predicted molar refractivity (Wildman–Crippen MR) is 67.3 cm³/mol. The first-order valence-electron chi connectivity index (χ1n) is 6.45. The molecule has 0 radical (unpaired) electrons. The summed E-state index contributed by atoms with van der Waals surface area (Å²) in [6, 6.07) is 0. The van der Waals surface area contributed by atoms with Crippen LogP contribution in [-0.2, 0) is 14.3 Å². The maximum atomic E-state index is 12.3. The van der Waals surface area contributed by atoms with Gasteiger partial charge in [0.25, 0.3) is 0 Å². The number of carbonyl (C=O) groups is 2. The van der Waals surface area contributed by atoms with Crippen molar-refractivity contribution < 1.29 is 19.4 Å². The minimum Gasteiger partial charge on any atom is -0.480 e. The molecule has 0 saturated heterocycles. The van der Waals surface area contributed by atoms with Crippen LogP contribution in [0.25, 0.3) is 0 Å². The monoisotopic (exact) mass is 257 g/mol. The van der Waals surface area contributed by atoms with E-state index in [2.05, 4.69) is 5.32 Å². The van der Waals surface area contributed by atoms with E-state index in [-0.39, 0.29) is 12.5 Å². The third-order valence-corrected chi connectivity index (χ3v) is 3.07. The molecule has 104 valence electrons. The summed E-state index contributed by atoms with van der Waals surface area (Å²) in [5, 5.41) is 11.6. The lowest BCUT2D eigenvalue weighted by atomic mass is 9.81. The molecule has 0 unspecified atom stereocenters. The van der Waals surface area contributed by atoms with Gasteiger partial charge in [-0.25, -0.2) is 0 Å². The van der Waals surface area contributed by atoms with Gasteiger partial charge in [0, 0.05) is 0 Å². The zero-order valence-electron chi connectivity index (χ0n) is 11.4. The lowest BCUT2D eigenvalue weighted by Gasteiger charge is -2.37. The molecule has 1 rings (SSSR count). The third kappa shape index (κ3) is 4.29. The molecule has 0 amide bonds. The highest BCUT2D eigenvalue weighted by molar-refractivity contribution is 5.82. The van der Waals surface area contributed by atoms with Gasteiger partial charge in [-0.3, -0.25) is 14.9 Å². The maximum Gasteiger partial charge on any atom is 0.326 e. The van der Waals surface area contributed by atoms with Gasteiger partial charge in [0.1, 0.15) is 11.1 Å². The molecule has 1 aliphatic carbocycles. The molecule has 0 aliphatic heterocycles. The molecule has 2 N–H and O–H groups in total. The molecule has 1 fully saturated rings. The Hall–Kier alpha value is -1.10. The molecule has 0 spiro atoms. The molecule has 18 heavy (non-hydrogen) atoms. The van der Waals surface area contributed by atoms with Crippen molar-refractivity contribution in [3.8, 4) is 0 Å². The number of rotatable bonds is 4. The molecule has 1 aliphatic rings. The van der Waals surface area contributed by atoms with Crippen LogP contribution in [-0.4, -0.2) is 34.7 Å². The lowest BCUT2D eigenvalue weighted by Crippen LogP contribution is -2.56. The summed E-state index contributed by atoms with van der Waals surface area (Å²) in [5.74, 6) is -1.28. The van der Waals surface area contributed by atoms with E-state index < -0.39 is 17.1 Å². The summed E-state index contributed by atoms with van der Waals surface area (Å²) in [7, 11) is 0. The van der Waals surface area contributed by atoms with Gasteiger partial charge in [0.2, 0.25) is 0 Å². The van der Waals surface area contributed by atoms with Crippen molar-refractivity contribution in [3.05, 3.63) is 0 Å². The number of aliphatic carboxylic acids is 1. The van der Waals surface area contributed by atoms with Crippen LogP contribution in [0.15, 0.2) is 0 Å². The zero-order valence-corrected chi connectivity index (χ0v) is 11.4. The van der Waals surface area contributed by atoms with E-state index in [1.54, 1.807) is 0 Å². The number of carboxylic acid groups (broad SMARTS) is 1. The number of esters is 1. The van der Waals surface area contributed by atoms with Crippen LogP contribution in [0.2, 0.25) is 0 Å². The Morgan fingerprint density at radius 1 is 1.22 bits per heavy atom. The minimum atomic E-state index is -0.955. The molecular formula is C13H23NO4. The van der Waals surface area contributed by atoms with Gasteiger partial charge >= 0.3 is 11.9 Å². The average Bonchev–Trinajstić information content (AvgIpc) is 2.25. The summed E-state index contributed by atoms with van der Waals surface area (Å²) < 4.78 is 5.42. The fourth-order valence-electron chi connectivity index (χ4n) is 2.23. The summed E-state index contributed by atoms with van der Waals surface area (Å²) in [5.41, 5.74) is -1.36. The Morgan fingerprint density at radius 3 is 2.22 bits per heavy atom. The average molecular weight is 257 g/mol. The van der Waals surface area contributed by atoms with Crippen LogP contribution in [0.5, 0.6) is 0 Å². The van der Waals surface area contributed by atoms with Crippen molar-refractivity contribution in [2.45, 2.75) is 64.0 Å². The standard InChI is InChI=1S/C13H23NO4/c1-12(2,3)18-11(17)13(14-9-10(15)16)7-5-4-6-8-13/h14H,4-9H2,1-3H3,(H,15,16). The van der Waals surface area contributed by atoms with Crippen molar-refractivity contribution in [1.82, 2.24) is 5.32 Å². The Bertz CT molecular complexity index is 313. The van der Waals surface area contributed by atoms with Crippen LogP contribution < -0.4 is 5.32 Å². The first-order valence-corrected chi connectivity index (χ1v) is 6.45. The van der Waals surface area contributed by atoms with Gasteiger partial charge in [0.05, 0.1) is 6.54 Å². The van der Waals surface area contributed by atoms with Gasteiger partial charge < -0.3 is 9.84 Å². The summed E-state index contributed by atoms with van der Waals surface area (Å²) in [6.07, 6.45) is 4.22. The molecule has 0 heterocycles. The molecule has 5 nitrogen and oxygen atoms in total. The van der Waals surface area contributed by atoms with Crippen molar-refractivity contribution in [1.29, 1.82) is 0 Å². The second kappa shape index (κ2) is 5.69. The van der Waals surface area contributed by atoms with Gasteiger partial charge in [-0.2, -0.15) is 0 Å². The summed E-state index contributed by atoms with van der Waals surface area (Å²) in [4.78, 5) is 22.9. The molecule has 0 bridgehead atoms. The number of hydrogen-bond acceptors (Lipinski definition) is 4. The molecule has 1 saturated carbocycles. The first kappa shape index (κ1) is 15.0. The van der Waals surface area contributed by atoms with Crippen LogP contribution in [0, 0.1) is 0 Å². The quantitative estimate of drug-likeness (QED) is 0.750. The fraction of sp³-hybridized carbons (Fsp3) is 0.846. The topological polar surface area (TPSA) is 75.6 Å². The van der Waals surface area contributed by atoms with E-state index in [0.717, 1.165) is 19.3 Å². The van der Waals surface area contributed by atoms with Crippen LogP contribution in [0.4, 0.5) is 0 Å². The van der Waals surface area contributed by atoms with E-state index in [4.69, 9.17) is 9.84 Å². The molecule has 0 aromatic heterocycles. The van der Waals surface area contributed by atoms with Gasteiger partial charge in [-0.1, -0.05) is 19.3 Å². The molecular weight excluding hydrogens is 234 g/mol. The van der Waals surface area contributed by atoms with Crippen LogP contribution >= 0.6 is 0 Å². The Labute approximate surface area is 108 Å². The number of carbonyl (C=O) groups excluding carboxylic acids is 1. The lowest BCUT2D eigenvalue weighted by molar-refractivity contribution is -0.165. The van der Waals surface area contributed by atoms with Crippen molar-refractivity contribution >= 4 is 11.9 Å². The fourth-order valence-corrected chi connectivity index (χ4v) is 2.23. The zero-order chi connectivity index (χ0) is 13.8. The highest BCUT2D eigenvalue weighted by Crippen LogP contribution is 2.30. The second-order valence-corrected chi connectivity index (χ2v) is 5.89. The van der Waals surface area contributed by atoms with Crippen molar-refractivity contribution in [2.24, 2.45) is 0 Å². The van der Waals surface area contributed by atoms with E-state index in [1.807, 2.05) is 20.8 Å². The van der Waals surface area contributed by atoms with E-state index in [9.17, 15) is 9.59 Å². The molecule has 0 aromatic rings. The smallest absolute Gasteiger partial charge is 0.326 e. The number of nitrogens with one attached hydrogen (secondary N) is 1. The summed E-state index contributed by atoms with van der Waals surface area (Å²) in [6.45, 7) is 5.25. The Balaban J connectivity index is 2.76. The van der Waals surface area contributed by atoms with E-state index in [0.29, 0.717) is 12.8 Å². The van der Waals surface area contributed by atoms with Crippen molar-refractivity contribution in [2.75, 3.05) is 6.54 Å². The molecule has 0 aromatic carbocycles. The van der Waals surface area contributed by atoms with Gasteiger partial charge in [-0.05, 0) is 33.6 Å². The highest BCUT2D eigenvalue weighted by Gasteiger charge is 2.42. The number of carboxylic acids is 1. The Morgan fingerprint density at radius 2 is 1.78 bits per heavy atom. The maximum absolute atomic E-state index is 12.3. The van der Waals surface area contributed by atoms with Gasteiger partial charge in [0.15, 0.2) is 0 Å². The number of ether oxygens (including phenoxy) is 1. The highest BCUT2D eigenvalue weighted by atomic mass is 16.6. The molecule has 0 atom stereocenters. The largest absolute Gasteiger partial charge is 0.480 e. The first-order chi connectivity index (χ1) is 8.25. The SMILES string of the molecule is CC(C)(C)OC(=O)C1(NCC(=O)O)CCCCC1. The Kier molecular flexibility index (Phi) is 4.73. The van der Waals surface area contributed by atoms with Crippen LogP contribution in [0.3, 0.4) is 0 Å². The minimum absolute atomic E-state index is 0.209. The normalized spacial score (nSPS) is 19.3. The van der Waals surface area contributed by atoms with Crippen LogP contribution in [0.1, 0.15) is 52.9 Å². The van der Waals surface area contributed by atoms with Crippen molar-refractivity contribution in [3.63, 3.8) is 0 Å². The van der Waals surface area contributed by atoms with E-state index in [1.165, 1.54) is 0 Å². The molecule has 5 heteroatoms.